The quantitative estimate of drug-likeness (QED) is 0.179. The molecule has 0 radical (unpaired) electrons. The van der Waals surface area contributed by atoms with Crippen molar-refractivity contribution in [2.24, 2.45) is 0 Å². The van der Waals surface area contributed by atoms with Crippen molar-refractivity contribution in [2.45, 2.75) is 15.6 Å². The zero-order chi connectivity index (χ0) is 27.8. The average Bonchev–Trinajstić information content (AvgIpc) is 3.59. The van der Waals surface area contributed by atoms with Crippen LogP contribution in [-0.2, 0) is 16.1 Å². The molecule has 0 saturated heterocycles. The largest absolute Gasteiger partial charge is 0.450 e. The summed E-state index contributed by atoms with van der Waals surface area (Å²) < 4.78 is 6.62. The SMILES string of the molecule is CN1C(=O)C2(c3ccccc31)c1c(oc3ccc(Cl)cc3c1=O)C(=O)N2c1nnc(SCc2ccc(Cl)cc2)s1. The number of benzene rings is 3. The lowest BCUT2D eigenvalue weighted by molar-refractivity contribution is -0.121. The van der Waals surface area contributed by atoms with Crippen molar-refractivity contribution >= 4 is 79.9 Å². The summed E-state index contributed by atoms with van der Waals surface area (Å²) in [4.78, 5) is 45.2. The van der Waals surface area contributed by atoms with Crippen molar-refractivity contribution in [3.8, 4) is 0 Å². The summed E-state index contributed by atoms with van der Waals surface area (Å²) >= 11 is 14.8. The molecule has 0 saturated carbocycles. The highest BCUT2D eigenvalue weighted by Crippen LogP contribution is 2.54. The normalized spacial score (nSPS) is 17.8. The van der Waals surface area contributed by atoms with Gasteiger partial charge in [0.25, 0.3) is 11.8 Å². The number of nitrogens with zero attached hydrogens (tertiary/aromatic N) is 4. The fourth-order valence-corrected chi connectivity index (χ4v) is 7.46. The predicted molar refractivity (Wildman–Crippen MR) is 156 cm³/mol. The maximum absolute atomic E-state index is 14.2. The molecule has 1 spiro atoms. The summed E-state index contributed by atoms with van der Waals surface area (Å²) in [6.45, 7) is 0. The van der Waals surface area contributed by atoms with Gasteiger partial charge in [0.15, 0.2) is 15.3 Å². The average molecular weight is 608 g/mol. The van der Waals surface area contributed by atoms with E-state index >= 15 is 0 Å². The standard InChI is InChI=1S/C28H16Cl2N4O4S2/c1-33-19-5-3-2-4-18(19)28(25(33)37)21-22(35)17-12-16(30)10-11-20(17)38-23(21)24(36)34(28)26-31-32-27(40-26)39-13-14-6-8-15(29)9-7-14/h2-12H,13H2,1H3. The second-order valence-electron chi connectivity index (χ2n) is 9.27. The van der Waals surface area contributed by atoms with E-state index in [2.05, 4.69) is 10.2 Å². The number of para-hydroxylation sites is 1. The number of aromatic nitrogens is 2. The van der Waals surface area contributed by atoms with E-state index in [4.69, 9.17) is 27.6 Å². The number of thioether (sulfide) groups is 1. The first-order valence-corrected chi connectivity index (χ1v) is 14.6. The highest BCUT2D eigenvalue weighted by Gasteiger charge is 2.66. The molecule has 8 nitrogen and oxygen atoms in total. The first kappa shape index (κ1) is 25.3. The molecule has 3 aromatic carbocycles. The first-order valence-electron chi connectivity index (χ1n) is 12.0. The Hall–Kier alpha value is -3.70. The number of likely N-dealkylation sites (N-methyl/N-ethyl adjacent to an activating group) is 1. The van der Waals surface area contributed by atoms with Crippen LogP contribution in [0.1, 0.15) is 27.2 Å². The van der Waals surface area contributed by atoms with Crippen LogP contribution in [-0.4, -0.2) is 29.1 Å². The number of hydrogen-bond donors (Lipinski definition) is 0. The topological polar surface area (TPSA) is 96.6 Å². The molecular formula is C28H16Cl2N4O4S2. The number of amides is 2. The Morgan fingerprint density at radius 1 is 0.975 bits per heavy atom. The fraction of sp³-hybridized carbons (Fsp3) is 0.107. The van der Waals surface area contributed by atoms with Crippen molar-refractivity contribution < 1.29 is 14.0 Å². The van der Waals surface area contributed by atoms with Crippen LogP contribution >= 0.6 is 46.3 Å². The van der Waals surface area contributed by atoms with Gasteiger partial charge in [-0.05, 0) is 42.0 Å². The summed E-state index contributed by atoms with van der Waals surface area (Å²) in [5.74, 6) is -0.723. The van der Waals surface area contributed by atoms with Gasteiger partial charge < -0.3 is 9.32 Å². The summed E-state index contributed by atoms with van der Waals surface area (Å²) in [6, 6.07) is 19.1. The van der Waals surface area contributed by atoms with E-state index in [1.165, 1.54) is 33.7 Å². The van der Waals surface area contributed by atoms with E-state index < -0.39 is 22.8 Å². The van der Waals surface area contributed by atoms with E-state index in [-0.39, 0.29) is 27.4 Å². The van der Waals surface area contributed by atoms with E-state index in [1.54, 1.807) is 37.4 Å². The summed E-state index contributed by atoms with van der Waals surface area (Å²) in [5.41, 5.74) is -0.0862. The molecule has 7 rings (SSSR count). The van der Waals surface area contributed by atoms with E-state index in [1.807, 2.05) is 24.3 Å². The molecule has 2 aliphatic rings. The van der Waals surface area contributed by atoms with E-state index in [0.717, 1.165) is 16.9 Å². The minimum atomic E-state index is -1.81. The number of carbonyl (C=O) groups is 2. The summed E-state index contributed by atoms with van der Waals surface area (Å²) in [6.07, 6.45) is 0. The van der Waals surface area contributed by atoms with Gasteiger partial charge in [0.05, 0.1) is 10.9 Å². The van der Waals surface area contributed by atoms with Crippen molar-refractivity contribution in [2.75, 3.05) is 16.8 Å². The number of hydrogen-bond acceptors (Lipinski definition) is 8. The third kappa shape index (κ3) is 3.50. The Bertz CT molecular complexity index is 1940. The van der Waals surface area contributed by atoms with Gasteiger partial charge in [-0.15, -0.1) is 10.2 Å². The molecule has 0 N–H and O–H groups in total. The van der Waals surface area contributed by atoms with Crippen LogP contribution < -0.4 is 15.2 Å². The number of anilines is 2. The van der Waals surface area contributed by atoms with Gasteiger partial charge in [0.1, 0.15) is 5.58 Å². The van der Waals surface area contributed by atoms with E-state index in [9.17, 15) is 14.4 Å². The molecule has 0 fully saturated rings. The fourth-order valence-electron chi connectivity index (χ4n) is 5.32. The minimum Gasteiger partial charge on any atom is -0.450 e. The molecule has 198 valence electrons. The Morgan fingerprint density at radius 3 is 2.52 bits per heavy atom. The van der Waals surface area contributed by atoms with Crippen molar-refractivity contribution in [3.05, 3.63) is 109 Å². The molecule has 4 heterocycles. The van der Waals surface area contributed by atoms with Crippen molar-refractivity contribution in [1.29, 1.82) is 0 Å². The van der Waals surface area contributed by atoms with Crippen LogP contribution in [0, 0.1) is 0 Å². The Kier molecular flexibility index (Phi) is 5.79. The maximum Gasteiger partial charge on any atom is 0.297 e. The third-order valence-corrected chi connectivity index (χ3v) is 9.68. The highest BCUT2D eigenvalue weighted by molar-refractivity contribution is 8.00. The molecule has 2 aromatic heterocycles. The van der Waals surface area contributed by atoms with Gasteiger partial charge in [0.2, 0.25) is 10.9 Å². The van der Waals surface area contributed by atoms with Gasteiger partial charge in [-0.1, -0.05) is 76.6 Å². The van der Waals surface area contributed by atoms with Crippen LogP contribution in [0.15, 0.2) is 80.3 Å². The first-order chi connectivity index (χ1) is 19.3. The van der Waals surface area contributed by atoms with Gasteiger partial charge in [-0.3, -0.25) is 19.3 Å². The number of halogens is 2. The van der Waals surface area contributed by atoms with Crippen LogP contribution in [0.25, 0.3) is 11.0 Å². The number of carbonyl (C=O) groups excluding carboxylic acids is 2. The second-order valence-corrected chi connectivity index (χ2v) is 12.3. The lowest BCUT2D eigenvalue weighted by Crippen LogP contribution is -2.53. The zero-order valence-electron chi connectivity index (χ0n) is 20.6. The molecular weight excluding hydrogens is 591 g/mol. The maximum atomic E-state index is 14.2. The van der Waals surface area contributed by atoms with Crippen molar-refractivity contribution in [3.63, 3.8) is 0 Å². The van der Waals surface area contributed by atoms with Gasteiger partial charge in [0, 0.05) is 34.1 Å². The summed E-state index contributed by atoms with van der Waals surface area (Å²) in [5, 5.41) is 9.94. The highest BCUT2D eigenvalue weighted by atomic mass is 35.5. The Balaban J connectivity index is 1.42. The number of fused-ring (bicyclic) bond motifs is 5. The van der Waals surface area contributed by atoms with Crippen LogP contribution in [0.2, 0.25) is 10.0 Å². The van der Waals surface area contributed by atoms with Crippen molar-refractivity contribution in [1.82, 2.24) is 10.2 Å². The molecule has 0 bridgehead atoms. The minimum absolute atomic E-state index is 0.0559. The van der Waals surface area contributed by atoms with Gasteiger partial charge >= 0.3 is 0 Å². The predicted octanol–water partition coefficient (Wildman–Crippen LogP) is 6.12. The van der Waals surface area contributed by atoms with Crippen LogP contribution in [0.3, 0.4) is 0 Å². The molecule has 1 unspecified atom stereocenters. The molecule has 2 amide bonds. The molecule has 12 heteroatoms. The monoisotopic (exact) mass is 606 g/mol. The summed E-state index contributed by atoms with van der Waals surface area (Å²) in [7, 11) is 1.61. The van der Waals surface area contributed by atoms with Gasteiger partial charge in [-0.25, -0.2) is 0 Å². The zero-order valence-corrected chi connectivity index (χ0v) is 23.7. The molecule has 5 aromatic rings. The Labute approximate surface area is 245 Å². The second kappa shape index (κ2) is 9.17. The molecule has 40 heavy (non-hydrogen) atoms. The Morgan fingerprint density at radius 2 is 1.73 bits per heavy atom. The smallest absolute Gasteiger partial charge is 0.297 e. The number of rotatable bonds is 4. The van der Waals surface area contributed by atoms with Crippen LogP contribution in [0.4, 0.5) is 10.8 Å². The lowest BCUT2D eigenvalue weighted by atomic mass is 9.84. The molecule has 2 aliphatic heterocycles. The molecule has 0 aliphatic carbocycles. The molecule has 1 atom stereocenters. The third-order valence-electron chi connectivity index (χ3n) is 7.08. The van der Waals surface area contributed by atoms with E-state index in [0.29, 0.717) is 31.4 Å². The van der Waals surface area contributed by atoms with Crippen LogP contribution in [0.5, 0.6) is 0 Å². The van der Waals surface area contributed by atoms with Gasteiger partial charge in [-0.2, -0.15) is 0 Å². The lowest BCUT2D eigenvalue weighted by Gasteiger charge is -2.31.